The minimum absolute atomic E-state index is 0.0705. The van der Waals surface area contributed by atoms with E-state index >= 15 is 0 Å². The molecule has 1 rings (SSSR count). The van der Waals surface area contributed by atoms with E-state index in [2.05, 4.69) is 6.07 Å². The second-order valence-corrected chi connectivity index (χ2v) is 4.12. The molecule has 1 saturated carbocycles. The van der Waals surface area contributed by atoms with Gasteiger partial charge in [-0.15, -0.1) is 0 Å². The van der Waals surface area contributed by atoms with Crippen LogP contribution in [-0.4, -0.2) is 11.1 Å². The molecule has 0 aromatic rings. The topological polar surface area (TPSA) is 61.1 Å². The molecule has 0 heterocycles. The minimum Gasteiger partial charge on any atom is -0.481 e. The molecule has 0 radical (unpaired) electrons. The zero-order valence-corrected chi connectivity index (χ0v) is 7.92. The summed E-state index contributed by atoms with van der Waals surface area (Å²) < 4.78 is 0. The molecule has 0 amide bonds. The van der Waals surface area contributed by atoms with E-state index < -0.39 is 11.4 Å². The van der Waals surface area contributed by atoms with Crippen molar-refractivity contribution < 1.29 is 9.90 Å². The van der Waals surface area contributed by atoms with Crippen LogP contribution >= 0.6 is 0 Å². The Kier molecular flexibility index (Phi) is 2.92. The number of carbonyl (C=O) groups is 1. The highest BCUT2D eigenvalue weighted by molar-refractivity contribution is 5.74. The lowest BCUT2D eigenvalue weighted by molar-refractivity contribution is -0.148. The molecule has 13 heavy (non-hydrogen) atoms. The Labute approximate surface area is 78.4 Å². The van der Waals surface area contributed by atoms with Gasteiger partial charge in [-0.3, -0.25) is 4.79 Å². The van der Waals surface area contributed by atoms with Gasteiger partial charge in [0.2, 0.25) is 0 Å². The molecule has 1 fully saturated rings. The number of hydrogen-bond acceptors (Lipinski definition) is 2. The molecule has 3 nitrogen and oxygen atoms in total. The van der Waals surface area contributed by atoms with E-state index in [0.29, 0.717) is 12.8 Å². The van der Waals surface area contributed by atoms with E-state index in [1.54, 1.807) is 6.92 Å². The SMILES string of the molecule is C[C@@]1(C(=O)O)CCCC(C#N)CC1. The molecule has 1 aliphatic rings. The Bertz CT molecular complexity index is 244. The molecule has 0 aromatic carbocycles. The third-order valence-corrected chi connectivity index (χ3v) is 3.02. The molecule has 1 N–H and O–H groups in total. The maximum atomic E-state index is 10.9. The fourth-order valence-corrected chi connectivity index (χ4v) is 1.84. The van der Waals surface area contributed by atoms with Crippen molar-refractivity contribution in [2.24, 2.45) is 11.3 Å². The average molecular weight is 181 g/mol. The van der Waals surface area contributed by atoms with Gasteiger partial charge >= 0.3 is 5.97 Å². The molecule has 0 aliphatic heterocycles. The molecule has 2 atom stereocenters. The summed E-state index contributed by atoms with van der Waals surface area (Å²) in [5, 5.41) is 17.7. The highest BCUT2D eigenvalue weighted by Crippen LogP contribution is 2.36. The van der Waals surface area contributed by atoms with Crippen LogP contribution in [0.4, 0.5) is 0 Å². The molecule has 0 spiro atoms. The second kappa shape index (κ2) is 3.78. The lowest BCUT2D eigenvalue weighted by Crippen LogP contribution is -2.26. The van der Waals surface area contributed by atoms with Crippen molar-refractivity contribution in [3.63, 3.8) is 0 Å². The van der Waals surface area contributed by atoms with Crippen LogP contribution in [0.25, 0.3) is 0 Å². The summed E-state index contributed by atoms with van der Waals surface area (Å²) in [6.45, 7) is 1.79. The Hall–Kier alpha value is -1.04. The van der Waals surface area contributed by atoms with Gasteiger partial charge in [0.05, 0.1) is 11.5 Å². The number of hydrogen-bond donors (Lipinski definition) is 1. The van der Waals surface area contributed by atoms with Crippen LogP contribution in [0.15, 0.2) is 0 Å². The standard InChI is InChI=1S/C10H15NO2/c1-10(9(12)13)5-2-3-8(7-11)4-6-10/h8H,2-6H2,1H3,(H,12,13)/t8?,10-/m1/s1. The van der Waals surface area contributed by atoms with Crippen molar-refractivity contribution in [3.8, 4) is 6.07 Å². The zero-order chi connectivity index (χ0) is 9.90. The van der Waals surface area contributed by atoms with E-state index in [9.17, 15) is 4.79 Å². The van der Waals surface area contributed by atoms with Crippen molar-refractivity contribution in [2.45, 2.75) is 39.0 Å². The van der Waals surface area contributed by atoms with Crippen molar-refractivity contribution in [2.75, 3.05) is 0 Å². The summed E-state index contributed by atoms with van der Waals surface area (Å²) in [5.74, 6) is -0.646. The van der Waals surface area contributed by atoms with Gasteiger partial charge in [-0.2, -0.15) is 5.26 Å². The first-order valence-electron chi connectivity index (χ1n) is 4.71. The lowest BCUT2D eigenvalue weighted by Gasteiger charge is -2.21. The fourth-order valence-electron chi connectivity index (χ4n) is 1.84. The van der Waals surface area contributed by atoms with Gasteiger partial charge in [-0.25, -0.2) is 0 Å². The molecule has 1 aliphatic carbocycles. The largest absolute Gasteiger partial charge is 0.481 e. The molecule has 0 aromatic heterocycles. The number of carboxylic acid groups (broad SMARTS) is 1. The smallest absolute Gasteiger partial charge is 0.309 e. The number of nitriles is 1. The number of carboxylic acids is 1. The van der Waals surface area contributed by atoms with E-state index in [1.807, 2.05) is 0 Å². The Morgan fingerprint density at radius 2 is 2.23 bits per heavy atom. The summed E-state index contributed by atoms with van der Waals surface area (Å²) in [5.41, 5.74) is -0.592. The first kappa shape index (κ1) is 10.0. The van der Waals surface area contributed by atoms with Gasteiger partial charge in [-0.05, 0) is 32.6 Å². The zero-order valence-electron chi connectivity index (χ0n) is 7.92. The second-order valence-electron chi connectivity index (χ2n) is 4.12. The van der Waals surface area contributed by atoms with Crippen LogP contribution < -0.4 is 0 Å². The van der Waals surface area contributed by atoms with Crippen LogP contribution in [0.5, 0.6) is 0 Å². The van der Waals surface area contributed by atoms with Crippen LogP contribution in [0.2, 0.25) is 0 Å². The highest BCUT2D eigenvalue weighted by atomic mass is 16.4. The van der Waals surface area contributed by atoms with Crippen molar-refractivity contribution in [1.29, 1.82) is 5.26 Å². The predicted octanol–water partition coefficient (Wildman–Crippen LogP) is 2.18. The minimum atomic E-state index is -0.717. The number of rotatable bonds is 1. The summed E-state index contributed by atoms with van der Waals surface area (Å²) in [6, 6.07) is 2.23. The van der Waals surface area contributed by atoms with Crippen LogP contribution in [0, 0.1) is 22.7 Å². The molecule has 1 unspecified atom stereocenters. The quantitative estimate of drug-likeness (QED) is 0.631. The highest BCUT2D eigenvalue weighted by Gasteiger charge is 2.35. The first-order valence-corrected chi connectivity index (χ1v) is 4.71. The third-order valence-electron chi connectivity index (χ3n) is 3.02. The molecule has 0 saturated heterocycles. The lowest BCUT2D eigenvalue weighted by atomic mass is 9.82. The van der Waals surface area contributed by atoms with E-state index in [4.69, 9.17) is 10.4 Å². The van der Waals surface area contributed by atoms with Crippen LogP contribution in [-0.2, 0) is 4.79 Å². The van der Waals surface area contributed by atoms with Crippen LogP contribution in [0.1, 0.15) is 39.0 Å². The van der Waals surface area contributed by atoms with Crippen LogP contribution in [0.3, 0.4) is 0 Å². The van der Waals surface area contributed by atoms with Crippen molar-refractivity contribution in [3.05, 3.63) is 0 Å². The Morgan fingerprint density at radius 3 is 2.77 bits per heavy atom. The van der Waals surface area contributed by atoms with Gasteiger partial charge in [0, 0.05) is 5.92 Å². The van der Waals surface area contributed by atoms with E-state index in [1.165, 1.54) is 0 Å². The first-order chi connectivity index (χ1) is 6.08. The summed E-state index contributed by atoms with van der Waals surface area (Å²) in [6.07, 6.45) is 3.81. The van der Waals surface area contributed by atoms with E-state index in [-0.39, 0.29) is 5.92 Å². The predicted molar refractivity (Wildman–Crippen MR) is 47.9 cm³/mol. The van der Waals surface area contributed by atoms with E-state index in [0.717, 1.165) is 19.3 Å². The molecule has 72 valence electrons. The monoisotopic (exact) mass is 181 g/mol. The summed E-state index contributed by atoms with van der Waals surface area (Å²) >= 11 is 0. The Morgan fingerprint density at radius 1 is 1.54 bits per heavy atom. The fraction of sp³-hybridized carbons (Fsp3) is 0.800. The van der Waals surface area contributed by atoms with Crippen molar-refractivity contribution in [1.82, 2.24) is 0 Å². The average Bonchev–Trinajstić information content (AvgIpc) is 2.28. The van der Waals surface area contributed by atoms with Crippen molar-refractivity contribution >= 4 is 5.97 Å². The maximum Gasteiger partial charge on any atom is 0.309 e. The molecule has 3 heteroatoms. The molecular weight excluding hydrogens is 166 g/mol. The normalized spacial score (nSPS) is 34.6. The Balaban J connectivity index is 2.64. The van der Waals surface area contributed by atoms with Gasteiger partial charge in [0.1, 0.15) is 0 Å². The van der Waals surface area contributed by atoms with Gasteiger partial charge in [0.15, 0.2) is 0 Å². The number of nitrogens with zero attached hydrogens (tertiary/aromatic N) is 1. The summed E-state index contributed by atoms with van der Waals surface area (Å²) in [4.78, 5) is 10.9. The van der Waals surface area contributed by atoms with Gasteiger partial charge < -0.3 is 5.11 Å². The summed E-state index contributed by atoms with van der Waals surface area (Å²) in [7, 11) is 0. The maximum absolute atomic E-state index is 10.9. The third kappa shape index (κ3) is 2.21. The number of aliphatic carboxylic acids is 1. The molecule has 0 bridgehead atoms. The van der Waals surface area contributed by atoms with Gasteiger partial charge in [-0.1, -0.05) is 6.42 Å². The molecular formula is C10H15NO2. The van der Waals surface area contributed by atoms with Gasteiger partial charge in [0.25, 0.3) is 0 Å².